The fourth-order valence-electron chi connectivity index (χ4n) is 1.84. The van der Waals surface area contributed by atoms with E-state index in [4.69, 9.17) is 0 Å². The van der Waals surface area contributed by atoms with Crippen molar-refractivity contribution >= 4 is 39.0 Å². The number of halogens is 1. The minimum Gasteiger partial charge on any atom is -0.376 e. The van der Waals surface area contributed by atoms with E-state index >= 15 is 0 Å². The molecule has 0 atom stereocenters. The molecule has 0 saturated heterocycles. The van der Waals surface area contributed by atoms with Crippen LogP contribution >= 0.6 is 15.9 Å². The molecule has 2 aromatic rings. The Kier molecular flexibility index (Phi) is 5.11. The topological polar surface area (TPSA) is 58.2 Å². The number of para-hydroxylation sites is 1. The van der Waals surface area contributed by atoms with Gasteiger partial charge in [0.2, 0.25) is 5.91 Å². The molecule has 0 heterocycles. The summed E-state index contributed by atoms with van der Waals surface area (Å²) in [7, 11) is 0. The van der Waals surface area contributed by atoms with Crippen molar-refractivity contribution < 1.29 is 9.59 Å². The molecule has 2 N–H and O–H groups in total. The van der Waals surface area contributed by atoms with E-state index in [0.717, 1.165) is 10.2 Å². The molecular weight excluding hydrogens is 332 g/mol. The Morgan fingerprint density at radius 1 is 1.05 bits per heavy atom. The van der Waals surface area contributed by atoms with Crippen LogP contribution in [0.4, 0.5) is 11.4 Å². The zero-order valence-corrected chi connectivity index (χ0v) is 13.1. The molecule has 108 valence electrons. The highest BCUT2D eigenvalue weighted by molar-refractivity contribution is 9.10. The van der Waals surface area contributed by atoms with Gasteiger partial charge in [-0.25, -0.2) is 0 Å². The van der Waals surface area contributed by atoms with E-state index in [1.54, 1.807) is 24.3 Å². The Morgan fingerprint density at radius 2 is 1.71 bits per heavy atom. The highest BCUT2D eigenvalue weighted by atomic mass is 79.9. The first-order valence-corrected chi connectivity index (χ1v) is 7.25. The molecule has 0 radical (unpaired) electrons. The summed E-state index contributed by atoms with van der Waals surface area (Å²) >= 11 is 3.35. The summed E-state index contributed by atoms with van der Waals surface area (Å²) < 4.78 is 0.980. The lowest BCUT2D eigenvalue weighted by atomic mass is 10.1. The summed E-state index contributed by atoms with van der Waals surface area (Å²) in [5.74, 6) is -0.279. The second kappa shape index (κ2) is 7.04. The fraction of sp³-hybridized carbons (Fsp3) is 0.125. The van der Waals surface area contributed by atoms with Crippen molar-refractivity contribution in [1.29, 1.82) is 0 Å². The third-order valence-corrected chi connectivity index (χ3v) is 3.41. The van der Waals surface area contributed by atoms with E-state index in [0.29, 0.717) is 11.3 Å². The maximum absolute atomic E-state index is 11.9. The molecule has 4 nitrogen and oxygen atoms in total. The minimum absolute atomic E-state index is 0.0771. The van der Waals surface area contributed by atoms with Crippen LogP contribution in [0.1, 0.15) is 17.3 Å². The van der Waals surface area contributed by atoms with Gasteiger partial charge in [-0.1, -0.05) is 28.1 Å². The summed E-state index contributed by atoms with van der Waals surface area (Å²) in [4.78, 5) is 23.4. The number of amides is 1. The van der Waals surface area contributed by atoms with Gasteiger partial charge in [0.15, 0.2) is 5.78 Å². The van der Waals surface area contributed by atoms with Gasteiger partial charge in [0.25, 0.3) is 0 Å². The quantitative estimate of drug-likeness (QED) is 0.811. The molecule has 2 aromatic carbocycles. The monoisotopic (exact) mass is 346 g/mol. The first-order valence-electron chi connectivity index (χ1n) is 6.45. The molecule has 5 heteroatoms. The molecule has 0 spiro atoms. The second-order valence-electron chi connectivity index (χ2n) is 4.51. The van der Waals surface area contributed by atoms with E-state index in [1.807, 2.05) is 24.3 Å². The molecule has 21 heavy (non-hydrogen) atoms. The highest BCUT2D eigenvalue weighted by Crippen LogP contribution is 2.16. The lowest BCUT2D eigenvalue weighted by molar-refractivity contribution is -0.114. The van der Waals surface area contributed by atoms with Crippen LogP contribution in [0.5, 0.6) is 0 Å². The summed E-state index contributed by atoms with van der Waals surface area (Å²) in [6.45, 7) is 1.61. The summed E-state index contributed by atoms with van der Waals surface area (Å²) in [5.41, 5.74) is 1.90. The molecular formula is C16H15BrN2O2. The predicted octanol–water partition coefficient (Wildman–Crippen LogP) is 3.70. The molecule has 2 rings (SSSR count). The third kappa shape index (κ3) is 4.43. The summed E-state index contributed by atoms with van der Waals surface area (Å²) in [6, 6.07) is 14.5. The van der Waals surface area contributed by atoms with Gasteiger partial charge in [-0.15, -0.1) is 0 Å². The number of hydrogen-bond acceptors (Lipinski definition) is 3. The number of benzene rings is 2. The standard InChI is InChI=1S/C16H15BrN2O2/c1-11(20)14-4-2-3-5-15(14)19-16(21)10-18-13-8-6-12(17)7-9-13/h2-9,18H,10H2,1H3,(H,19,21). The van der Waals surface area contributed by atoms with E-state index < -0.39 is 0 Å². The van der Waals surface area contributed by atoms with Gasteiger partial charge in [-0.2, -0.15) is 0 Å². The molecule has 0 aliphatic heterocycles. The highest BCUT2D eigenvalue weighted by Gasteiger charge is 2.09. The Labute approximate surface area is 131 Å². The van der Waals surface area contributed by atoms with Crippen LogP contribution in [0.15, 0.2) is 53.0 Å². The van der Waals surface area contributed by atoms with Crippen molar-refractivity contribution in [3.8, 4) is 0 Å². The van der Waals surface area contributed by atoms with Crippen LogP contribution < -0.4 is 10.6 Å². The maximum atomic E-state index is 11.9. The second-order valence-corrected chi connectivity index (χ2v) is 5.43. The van der Waals surface area contributed by atoms with Gasteiger partial charge in [0.05, 0.1) is 12.2 Å². The van der Waals surface area contributed by atoms with Gasteiger partial charge in [0, 0.05) is 15.7 Å². The Hall–Kier alpha value is -2.14. The molecule has 0 fully saturated rings. The largest absolute Gasteiger partial charge is 0.376 e. The number of rotatable bonds is 5. The van der Waals surface area contributed by atoms with Gasteiger partial charge >= 0.3 is 0 Å². The number of Topliss-reactive ketones (excluding diaryl/α,β-unsaturated/α-hetero) is 1. The van der Waals surface area contributed by atoms with Crippen LogP contribution in [0.3, 0.4) is 0 Å². The number of carbonyl (C=O) groups excluding carboxylic acids is 2. The van der Waals surface area contributed by atoms with Crippen LogP contribution in [0, 0.1) is 0 Å². The van der Waals surface area contributed by atoms with Gasteiger partial charge in [-0.3, -0.25) is 9.59 Å². The van der Waals surface area contributed by atoms with Gasteiger partial charge in [-0.05, 0) is 43.3 Å². The van der Waals surface area contributed by atoms with E-state index in [-0.39, 0.29) is 18.2 Å². The molecule has 0 bridgehead atoms. The molecule has 1 amide bonds. The number of carbonyl (C=O) groups is 2. The maximum Gasteiger partial charge on any atom is 0.243 e. The third-order valence-electron chi connectivity index (χ3n) is 2.88. The lowest BCUT2D eigenvalue weighted by Crippen LogP contribution is -2.22. The fourth-order valence-corrected chi connectivity index (χ4v) is 2.11. The SMILES string of the molecule is CC(=O)c1ccccc1NC(=O)CNc1ccc(Br)cc1. The molecule has 0 unspecified atom stereocenters. The zero-order valence-electron chi connectivity index (χ0n) is 11.5. The molecule has 0 aliphatic carbocycles. The average Bonchev–Trinajstić information content (AvgIpc) is 2.47. The van der Waals surface area contributed by atoms with Crippen molar-refractivity contribution in [2.24, 2.45) is 0 Å². The first-order chi connectivity index (χ1) is 10.1. The number of anilines is 2. The van der Waals surface area contributed by atoms with E-state index in [2.05, 4.69) is 26.6 Å². The Bertz CT molecular complexity index is 654. The Morgan fingerprint density at radius 3 is 2.38 bits per heavy atom. The van der Waals surface area contributed by atoms with Crippen molar-refractivity contribution in [3.05, 3.63) is 58.6 Å². The first kappa shape index (κ1) is 15.3. The zero-order chi connectivity index (χ0) is 15.2. The summed E-state index contributed by atoms with van der Waals surface area (Å²) in [6.07, 6.45) is 0. The van der Waals surface area contributed by atoms with Crippen molar-refractivity contribution in [3.63, 3.8) is 0 Å². The van der Waals surface area contributed by atoms with Gasteiger partial charge in [0.1, 0.15) is 0 Å². The van der Waals surface area contributed by atoms with Crippen LogP contribution in [-0.4, -0.2) is 18.2 Å². The summed E-state index contributed by atoms with van der Waals surface area (Å²) in [5, 5.41) is 5.76. The number of hydrogen-bond donors (Lipinski definition) is 2. The van der Waals surface area contributed by atoms with Crippen molar-refractivity contribution in [1.82, 2.24) is 0 Å². The minimum atomic E-state index is -0.202. The van der Waals surface area contributed by atoms with Crippen molar-refractivity contribution in [2.45, 2.75) is 6.92 Å². The predicted molar refractivity (Wildman–Crippen MR) is 87.7 cm³/mol. The van der Waals surface area contributed by atoms with Crippen LogP contribution in [0.2, 0.25) is 0 Å². The lowest BCUT2D eigenvalue weighted by Gasteiger charge is -2.10. The van der Waals surface area contributed by atoms with E-state index in [9.17, 15) is 9.59 Å². The van der Waals surface area contributed by atoms with Gasteiger partial charge < -0.3 is 10.6 Å². The molecule has 0 aromatic heterocycles. The smallest absolute Gasteiger partial charge is 0.243 e. The number of nitrogens with one attached hydrogen (secondary N) is 2. The normalized spacial score (nSPS) is 10.0. The van der Waals surface area contributed by atoms with Crippen LogP contribution in [-0.2, 0) is 4.79 Å². The average molecular weight is 347 g/mol. The Balaban J connectivity index is 1.96. The molecule has 0 aliphatic rings. The number of ketones is 1. The molecule has 0 saturated carbocycles. The van der Waals surface area contributed by atoms with Crippen LogP contribution in [0.25, 0.3) is 0 Å². The van der Waals surface area contributed by atoms with Crippen molar-refractivity contribution in [2.75, 3.05) is 17.2 Å². The van der Waals surface area contributed by atoms with E-state index in [1.165, 1.54) is 6.92 Å².